The van der Waals surface area contributed by atoms with Crippen molar-refractivity contribution in [2.45, 2.75) is 22.3 Å². The maximum atomic E-state index is 13.2. The number of hydrogen-bond donors (Lipinski definition) is 1. The molecule has 4 nitrogen and oxygen atoms in total. The van der Waals surface area contributed by atoms with Crippen molar-refractivity contribution in [2.75, 3.05) is 31.1 Å². The predicted octanol–water partition coefficient (Wildman–Crippen LogP) is 4.17. The Morgan fingerprint density at radius 1 is 1.00 bits per heavy atom. The number of benzene rings is 1. The van der Waals surface area contributed by atoms with E-state index in [1.54, 1.807) is 5.38 Å². The first-order valence-electron chi connectivity index (χ1n) is 8.42. The Morgan fingerprint density at radius 3 is 2.24 bits per heavy atom. The summed E-state index contributed by atoms with van der Waals surface area (Å²) in [7, 11) is -4.27. The highest BCUT2D eigenvalue weighted by Crippen LogP contribution is 2.38. The monoisotopic (exact) mass is 458 g/mol. The third-order valence-electron chi connectivity index (χ3n) is 4.43. The maximum absolute atomic E-state index is 13.2. The van der Waals surface area contributed by atoms with Gasteiger partial charge >= 0.3 is 12.4 Å². The molecule has 0 aliphatic carbocycles. The smallest absolute Gasteiger partial charge is 0.368 e. The van der Waals surface area contributed by atoms with E-state index in [0.29, 0.717) is 37.9 Å². The van der Waals surface area contributed by atoms with Crippen LogP contribution in [0, 0.1) is 0 Å². The zero-order chi connectivity index (χ0) is 21.4. The number of rotatable bonds is 4. The predicted molar refractivity (Wildman–Crippen MR) is 96.7 cm³/mol. The number of nitrogens with zero attached hydrogens (tertiary/aromatic N) is 1. The van der Waals surface area contributed by atoms with Crippen LogP contribution in [0.25, 0.3) is 0 Å². The second kappa shape index (κ2) is 7.80. The van der Waals surface area contributed by atoms with E-state index in [1.807, 2.05) is 4.90 Å². The highest BCUT2D eigenvalue weighted by Gasteiger charge is 2.38. The first-order chi connectivity index (χ1) is 13.4. The molecule has 0 spiro atoms. The molecule has 1 fully saturated rings. The van der Waals surface area contributed by atoms with Crippen molar-refractivity contribution in [1.29, 1.82) is 0 Å². The van der Waals surface area contributed by atoms with Gasteiger partial charge in [-0.05, 0) is 29.8 Å². The minimum absolute atomic E-state index is 0.184. The Bertz CT molecular complexity index is 977. The molecular weight excluding hydrogens is 442 g/mol. The van der Waals surface area contributed by atoms with Crippen molar-refractivity contribution >= 4 is 26.9 Å². The lowest BCUT2D eigenvalue weighted by Crippen LogP contribution is -2.43. The van der Waals surface area contributed by atoms with E-state index in [0.717, 1.165) is 11.3 Å². The summed E-state index contributed by atoms with van der Waals surface area (Å²) in [5.74, 6) is -1.17. The molecule has 160 valence electrons. The largest absolute Gasteiger partial charge is 0.416 e. The Hall–Kier alpha value is -1.79. The van der Waals surface area contributed by atoms with Gasteiger partial charge in [0.2, 0.25) is 0 Å². The highest BCUT2D eigenvalue weighted by molar-refractivity contribution is 7.92. The molecule has 2 heterocycles. The minimum Gasteiger partial charge on any atom is -0.368 e. The minimum atomic E-state index is -4.98. The third-order valence-corrected chi connectivity index (χ3v) is 7.62. The molecule has 0 unspecified atom stereocenters. The molecule has 0 saturated carbocycles. The van der Waals surface area contributed by atoms with Gasteiger partial charge in [0.05, 0.1) is 16.9 Å². The number of thiophene rings is 1. The first-order valence-corrected chi connectivity index (χ1v) is 11.0. The summed E-state index contributed by atoms with van der Waals surface area (Å²) in [6.45, 7) is 2.69. The van der Waals surface area contributed by atoms with Gasteiger partial charge in [0.25, 0.3) is 0 Å². The summed E-state index contributed by atoms with van der Waals surface area (Å²) in [4.78, 5) is 1.93. The van der Waals surface area contributed by atoms with E-state index in [1.165, 1.54) is 6.07 Å². The molecule has 2 aromatic rings. The van der Waals surface area contributed by atoms with Crippen molar-refractivity contribution in [1.82, 2.24) is 5.32 Å². The summed E-state index contributed by atoms with van der Waals surface area (Å²) >= 11 is 0.839. The lowest BCUT2D eigenvalue weighted by Gasteiger charge is -2.28. The number of anilines is 1. The lowest BCUT2D eigenvalue weighted by molar-refractivity contribution is -0.141. The van der Waals surface area contributed by atoms with Gasteiger partial charge in [0, 0.05) is 37.2 Å². The van der Waals surface area contributed by atoms with Crippen LogP contribution in [0.5, 0.6) is 0 Å². The van der Waals surface area contributed by atoms with Gasteiger partial charge < -0.3 is 10.2 Å². The van der Waals surface area contributed by atoms with Crippen LogP contribution < -0.4 is 10.2 Å². The molecule has 0 amide bonds. The van der Waals surface area contributed by atoms with Crippen LogP contribution in [0.2, 0.25) is 0 Å². The molecule has 0 bridgehead atoms. The highest BCUT2D eigenvalue weighted by atomic mass is 32.2. The van der Waals surface area contributed by atoms with E-state index in [-0.39, 0.29) is 16.3 Å². The number of halogens is 6. The molecule has 3 rings (SSSR count). The zero-order valence-corrected chi connectivity index (χ0v) is 16.4. The van der Waals surface area contributed by atoms with Crippen LogP contribution in [-0.2, 0) is 27.9 Å². The van der Waals surface area contributed by atoms with Gasteiger partial charge in [-0.3, -0.25) is 0 Å². The fourth-order valence-corrected chi connectivity index (χ4v) is 5.64. The van der Waals surface area contributed by atoms with Gasteiger partial charge in [-0.25, -0.2) is 8.42 Å². The fraction of sp³-hybridized carbons (Fsp3) is 0.412. The second-order valence-electron chi connectivity index (χ2n) is 6.49. The maximum Gasteiger partial charge on any atom is 0.416 e. The molecule has 1 aromatic heterocycles. The molecule has 1 aliphatic heterocycles. The average molecular weight is 458 g/mol. The summed E-state index contributed by atoms with van der Waals surface area (Å²) in [6.07, 6.45) is -9.86. The van der Waals surface area contributed by atoms with Crippen LogP contribution in [0.15, 0.2) is 33.9 Å². The fourth-order valence-electron chi connectivity index (χ4n) is 3.00. The summed E-state index contributed by atoms with van der Waals surface area (Å²) < 4.78 is 104. The number of alkyl halides is 6. The summed E-state index contributed by atoms with van der Waals surface area (Å²) in [6, 6.07) is 2.18. The average Bonchev–Trinajstić information content (AvgIpc) is 3.11. The Labute approximate surface area is 167 Å². The van der Waals surface area contributed by atoms with Crippen molar-refractivity contribution in [3.8, 4) is 0 Å². The van der Waals surface area contributed by atoms with E-state index >= 15 is 0 Å². The van der Waals surface area contributed by atoms with E-state index in [2.05, 4.69) is 5.32 Å². The molecule has 1 aliphatic rings. The van der Waals surface area contributed by atoms with Gasteiger partial charge in [-0.15, -0.1) is 11.3 Å². The molecular formula is C17H16F6N2O2S2. The molecule has 12 heteroatoms. The third kappa shape index (κ3) is 5.04. The van der Waals surface area contributed by atoms with Crippen molar-refractivity contribution in [3.63, 3.8) is 0 Å². The molecule has 0 atom stereocenters. The van der Waals surface area contributed by atoms with Crippen LogP contribution in [0.4, 0.5) is 32.0 Å². The van der Waals surface area contributed by atoms with Crippen molar-refractivity contribution in [2.24, 2.45) is 0 Å². The Morgan fingerprint density at radius 2 is 1.66 bits per heavy atom. The van der Waals surface area contributed by atoms with E-state index in [9.17, 15) is 34.8 Å². The zero-order valence-electron chi connectivity index (χ0n) is 14.8. The number of hydrogen-bond acceptors (Lipinski definition) is 5. The summed E-state index contributed by atoms with van der Waals surface area (Å²) in [5.41, 5.74) is -3.03. The lowest BCUT2D eigenvalue weighted by atomic mass is 10.0. The molecule has 1 aromatic carbocycles. The number of piperazine rings is 1. The Balaban J connectivity index is 1.94. The molecule has 29 heavy (non-hydrogen) atoms. The van der Waals surface area contributed by atoms with Crippen LogP contribution >= 0.6 is 11.3 Å². The van der Waals surface area contributed by atoms with Crippen LogP contribution in [-0.4, -0.2) is 34.6 Å². The quantitative estimate of drug-likeness (QED) is 0.699. The molecule has 0 radical (unpaired) electrons. The van der Waals surface area contributed by atoms with Crippen molar-refractivity contribution < 1.29 is 34.8 Å². The second-order valence-corrected chi connectivity index (χ2v) is 9.62. The number of nitrogens with one attached hydrogen (secondary N) is 1. The standard InChI is InChI=1S/C17H16F6N2O2S2/c18-16(19,20)12-1-2-14(17(21,22)23)11(7-12)10-29(26,27)15-8-13(9-28-15)25-5-3-24-4-6-25/h1-2,7-9,24H,3-6,10H2. The molecule has 1 saturated heterocycles. The Kier molecular flexibility index (Phi) is 5.89. The van der Waals surface area contributed by atoms with E-state index in [4.69, 9.17) is 0 Å². The van der Waals surface area contributed by atoms with Crippen molar-refractivity contribution in [3.05, 3.63) is 46.3 Å². The first kappa shape index (κ1) is 21.9. The van der Waals surface area contributed by atoms with E-state index < -0.39 is 44.6 Å². The SMILES string of the molecule is O=S(=O)(Cc1cc(C(F)(F)F)ccc1C(F)(F)F)c1cc(N2CCNCC2)cs1. The number of sulfone groups is 1. The normalized spacial score (nSPS) is 16.3. The van der Waals surface area contributed by atoms with Gasteiger partial charge in [-0.2, -0.15) is 26.3 Å². The summed E-state index contributed by atoms with van der Waals surface area (Å²) in [5, 5.41) is 4.72. The van der Waals surface area contributed by atoms with Crippen LogP contribution in [0.1, 0.15) is 16.7 Å². The van der Waals surface area contributed by atoms with Gasteiger partial charge in [-0.1, -0.05) is 0 Å². The van der Waals surface area contributed by atoms with Gasteiger partial charge in [0.15, 0.2) is 9.84 Å². The van der Waals surface area contributed by atoms with Gasteiger partial charge in [0.1, 0.15) is 4.21 Å². The molecule has 1 N–H and O–H groups in total. The topological polar surface area (TPSA) is 49.4 Å². The van der Waals surface area contributed by atoms with Crippen LogP contribution in [0.3, 0.4) is 0 Å².